The first-order valence-electron chi connectivity index (χ1n) is 10.0. The maximum absolute atomic E-state index is 13.3. The first-order chi connectivity index (χ1) is 14.0. The molecule has 0 unspecified atom stereocenters. The lowest BCUT2D eigenvalue weighted by molar-refractivity contribution is -0.140. The van der Waals surface area contributed by atoms with Crippen LogP contribution in [-0.2, 0) is 20.9 Å². The number of hydrogen-bond donors (Lipinski definition) is 0. The van der Waals surface area contributed by atoms with Gasteiger partial charge in [-0.25, -0.2) is 9.18 Å². The summed E-state index contributed by atoms with van der Waals surface area (Å²) < 4.78 is 18.7. The quantitative estimate of drug-likeness (QED) is 0.623. The lowest BCUT2D eigenvalue weighted by Gasteiger charge is -2.36. The number of amides is 1. The molecule has 0 bridgehead atoms. The summed E-state index contributed by atoms with van der Waals surface area (Å²) in [6, 6.07) is 15.7. The molecule has 3 rings (SSSR count). The number of halogens is 1. The van der Waals surface area contributed by atoms with Crippen LogP contribution in [0, 0.1) is 5.82 Å². The van der Waals surface area contributed by atoms with Gasteiger partial charge in [0.2, 0.25) is 5.91 Å². The normalized spacial score (nSPS) is 16.9. The van der Waals surface area contributed by atoms with Crippen molar-refractivity contribution in [3.05, 3.63) is 82.8 Å². The molecule has 0 spiro atoms. The Bertz CT molecular complexity index is 890. The number of carbonyl (C=O) groups excluding carboxylic acids is 2. The van der Waals surface area contributed by atoms with Crippen LogP contribution in [0.2, 0.25) is 0 Å². The molecular weight excluding hydrogens is 369 g/mol. The molecule has 1 amide bonds. The van der Waals surface area contributed by atoms with E-state index < -0.39 is 0 Å². The molecule has 1 aliphatic heterocycles. The molecule has 2 aromatic carbocycles. The monoisotopic (exact) mass is 395 g/mol. The van der Waals surface area contributed by atoms with E-state index in [0.29, 0.717) is 24.2 Å². The van der Waals surface area contributed by atoms with Crippen molar-refractivity contribution in [2.24, 2.45) is 0 Å². The second-order valence-electron chi connectivity index (χ2n) is 7.10. The summed E-state index contributed by atoms with van der Waals surface area (Å²) in [6.07, 6.45) is 1.57. The van der Waals surface area contributed by atoms with E-state index >= 15 is 0 Å². The van der Waals surface area contributed by atoms with Crippen molar-refractivity contribution in [2.45, 2.75) is 45.6 Å². The Labute approximate surface area is 171 Å². The second kappa shape index (κ2) is 9.50. The zero-order valence-corrected chi connectivity index (χ0v) is 16.9. The summed E-state index contributed by atoms with van der Waals surface area (Å²) in [5.41, 5.74) is 3.01. The first kappa shape index (κ1) is 20.8. The van der Waals surface area contributed by atoms with Gasteiger partial charge in [0.1, 0.15) is 5.82 Å². The highest BCUT2D eigenvalue weighted by atomic mass is 19.1. The maximum atomic E-state index is 13.3. The molecule has 5 heteroatoms. The summed E-state index contributed by atoms with van der Waals surface area (Å²) in [5, 5.41) is 0. The molecule has 0 aliphatic carbocycles. The van der Waals surface area contributed by atoms with Crippen molar-refractivity contribution in [2.75, 3.05) is 6.61 Å². The molecule has 0 saturated heterocycles. The minimum Gasteiger partial charge on any atom is -0.463 e. The van der Waals surface area contributed by atoms with Gasteiger partial charge in [-0.2, -0.15) is 0 Å². The SMILES string of the molecule is CCCC1=C(C(=O)OCC)[C@@H](c2ccccc2)CC(=O)N1Cc1ccc(F)cc1. The van der Waals surface area contributed by atoms with Crippen LogP contribution in [0.4, 0.5) is 4.39 Å². The third kappa shape index (κ3) is 4.73. The van der Waals surface area contributed by atoms with Crippen molar-refractivity contribution in [3.8, 4) is 0 Å². The van der Waals surface area contributed by atoms with E-state index in [-0.39, 0.29) is 36.6 Å². The second-order valence-corrected chi connectivity index (χ2v) is 7.10. The molecule has 2 aromatic rings. The minimum absolute atomic E-state index is 0.0420. The van der Waals surface area contributed by atoms with Crippen molar-refractivity contribution < 1.29 is 18.7 Å². The Hall–Kier alpha value is -2.95. The molecule has 0 radical (unpaired) electrons. The highest BCUT2D eigenvalue weighted by Gasteiger charge is 2.38. The smallest absolute Gasteiger partial charge is 0.336 e. The van der Waals surface area contributed by atoms with E-state index in [9.17, 15) is 14.0 Å². The molecule has 0 N–H and O–H groups in total. The maximum Gasteiger partial charge on any atom is 0.336 e. The van der Waals surface area contributed by atoms with E-state index in [2.05, 4.69) is 0 Å². The first-order valence-corrected chi connectivity index (χ1v) is 10.0. The van der Waals surface area contributed by atoms with Gasteiger partial charge < -0.3 is 9.64 Å². The Morgan fingerprint density at radius 3 is 2.41 bits per heavy atom. The summed E-state index contributed by atoms with van der Waals surface area (Å²) in [4.78, 5) is 27.7. The highest BCUT2D eigenvalue weighted by Crippen LogP contribution is 2.39. The Kier molecular flexibility index (Phi) is 6.81. The Morgan fingerprint density at radius 1 is 1.10 bits per heavy atom. The zero-order chi connectivity index (χ0) is 20.8. The number of allylic oxidation sites excluding steroid dienone is 1. The number of rotatable bonds is 7. The van der Waals surface area contributed by atoms with Gasteiger partial charge in [-0.15, -0.1) is 0 Å². The van der Waals surface area contributed by atoms with Crippen LogP contribution in [-0.4, -0.2) is 23.4 Å². The van der Waals surface area contributed by atoms with Crippen LogP contribution in [0.5, 0.6) is 0 Å². The van der Waals surface area contributed by atoms with Crippen LogP contribution in [0.15, 0.2) is 65.9 Å². The molecule has 1 aliphatic rings. The largest absolute Gasteiger partial charge is 0.463 e. The summed E-state index contributed by atoms with van der Waals surface area (Å²) >= 11 is 0. The number of carbonyl (C=O) groups is 2. The molecule has 0 aromatic heterocycles. The Balaban J connectivity index is 2.08. The van der Waals surface area contributed by atoms with Gasteiger partial charge in [0.05, 0.1) is 18.7 Å². The van der Waals surface area contributed by atoms with Gasteiger partial charge in [-0.05, 0) is 36.6 Å². The van der Waals surface area contributed by atoms with E-state index in [4.69, 9.17) is 4.74 Å². The van der Waals surface area contributed by atoms with Crippen molar-refractivity contribution in [1.29, 1.82) is 0 Å². The average Bonchev–Trinajstić information content (AvgIpc) is 2.72. The predicted molar refractivity (Wildman–Crippen MR) is 109 cm³/mol. The topological polar surface area (TPSA) is 46.6 Å². The van der Waals surface area contributed by atoms with E-state index in [1.54, 1.807) is 24.0 Å². The molecule has 0 saturated carbocycles. The van der Waals surface area contributed by atoms with Gasteiger partial charge in [-0.1, -0.05) is 55.8 Å². The van der Waals surface area contributed by atoms with Crippen LogP contribution in [0.3, 0.4) is 0 Å². The van der Waals surface area contributed by atoms with Gasteiger partial charge in [0.25, 0.3) is 0 Å². The lowest BCUT2D eigenvalue weighted by atomic mass is 9.82. The van der Waals surface area contributed by atoms with Gasteiger partial charge in [0.15, 0.2) is 0 Å². The third-order valence-electron chi connectivity index (χ3n) is 5.10. The van der Waals surface area contributed by atoms with E-state index in [1.807, 2.05) is 37.3 Å². The lowest BCUT2D eigenvalue weighted by Crippen LogP contribution is -2.39. The molecular formula is C24H26FNO3. The zero-order valence-electron chi connectivity index (χ0n) is 16.9. The van der Waals surface area contributed by atoms with Crippen molar-refractivity contribution in [1.82, 2.24) is 4.90 Å². The van der Waals surface area contributed by atoms with Gasteiger partial charge in [0, 0.05) is 18.0 Å². The van der Waals surface area contributed by atoms with Crippen LogP contribution >= 0.6 is 0 Å². The van der Waals surface area contributed by atoms with Gasteiger partial charge >= 0.3 is 5.97 Å². The molecule has 152 valence electrons. The number of hydrogen-bond acceptors (Lipinski definition) is 3. The fraction of sp³-hybridized carbons (Fsp3) is 0.333. The van der Waals surface area contributed by atoms with E-state index in [0.717, 1.165) is 17.5 Å². The third-order valence-corrected chi connectivity index (χ3v) is 5.10. The van der Waals surface area contributed by atoms with Crippen LogP contribution in [0.25, 0.3) is 0 Å². The summed E-state index contributed by atoms with van der Waals surface area (Å²) in [5.74, 6) is -1.06. The fourth-order valence-corrected chi connectivity index (χ4v) is 3.79. The van der Waals surface area contributed by atoms with Crippen LogP contribution < -0.4 is 0 Å². The number of esters is 1. The average molecular weight is 395 g/mol. The summed E-state index contributed by atoms with van der Waals surface area (Å²) in [6.45, 7) is 4.37. The summed E-state index contributed by atoms with van der Waals surface area (Å²) in [7, 11) is 0. The van der Waals surface area contributed by atoms with E-state index in [1.165, 1.54) is 12.1 Å². The fourth-order valence-electron chi connectivity index (χ4n) is 3.79. The van der Waals surface area contributed by atoms with Crippen molar-refractivity contribution in [3.63, 3.8) is 0 Å². The minimum atomic E-state index is -0.374. The van der Waals surface area contributed by atoms with Crippen LogP contribution in [0.1, 0.15) is 50.2 Å². The number of ether oxygens (including phenoxy) is 1. The number of nitrogens with zero attached hydrogens (tertiary/aromatic N) is 1. The highest BCUT2D eigenvalue weighted by molar-refractivity contribution is 5.96. The predicted octanol–water partition coefficient (Wildman–Crippen LogP) is 4.96. The molecule has 4 nitrogen and oxygen atoms in total. The van der Waals surface area contributed by atoms with Crippen molar-refractivity contribution >= 4 is 11.9 Å². The Morgan fingerprint density at radius 2 is 1.79 bits per heavy atom. The molecule has 29 heavy (non-hydrogen) atoms. The molecule has 1 atom stereocenters. The molecule has 0 fully saturated rings. The standard InChI is InChI=1S/C24H26FNO3/c1-3-8-21-23(24(28)29-4-2)20(18-9-6-5-7-10-18)15-22(27)26(21)16-17-11-13-19(25)14-12-17/h5-7,9-14,20H,3-4,8,15-16H2,1-2H3/t20-/m1/s1. The number of benzene rings is 2. The molecule has 1 heterocycles. The van der Waals surface area contributed by atoms with Gasteiger partial charge in [-0.3, -0.25) is 4.79 Å².